The fourth-order valence-corrected chi connectivity index (χ4v) is 3.28. The van der Waals surface area contributed by atoms with Gasteiger partial charge in [0.2, 0.25) is 0 Å². The number of nitrogens with two attached hydrogens (primary N) is 1. The summed E-state index contributed by atoms with van der Waals surface area (Å²) in [6, 6.07) is 6.56. The molecule has 0 radical (unpaired) electrons. The molecule has 2 heteroatoms. The lowest BCUT2D eigenvalue weighted by Crippen LogP contribution is -2.29. The molecule has 1 aromatic rings. The van der Waals surface area contributed by atoms with Crippen LogP contribution in [0.1, 0.15) is 43.9 Å². The van der Waals surface area contributed by atoms with Crippen LogP contribution in [-0.4, -0.2) is 0 Å². The van der Waals surface area contributed by atoms with Gasteiger partial charge >= 0.3 is 0 Å². The molecule has 1 aromatic carbocycles. The Labute approximate surface area is 93.8 Å². The van der Waals surface area contributed by atoms with Crippen molar-refractivity contribution in [2.75, 3.05) is 0 Å². The first-order chi connectivity index (χ1) is 6.52. The molecule has 0 spiro atoms. The van der Waals surface area contributed by atoms with Gasteiger partial charge < -0.3 is 5.73 Å². The molecule has 0 fully saturated rings. The van der Waals surface area contributed by atoms with Crippen LogP contribution in [0.2, 0.25) is 0 Å². The van der Waals surface area contributed by atoms with Gasteiger partial charge in [0.15, 0.2) is 0 Å². The highest BCUT2D eigenvalue weighted by Gasteiger charge is 2.32. The van der Waals surface area contributed by atoms with E-state index in [1.54, 1.807) is 0 Å². The van der Waals surface area contributed by atoms with Crippen molar-refractivity contribution in [1.29, 1.82) is 0 Å². The van der Waals surface area contributed by atoms with Gasteiger partial charge in [-0.15, -0.1) is 0 Å². The number of hydrogen-bond donors (Lipinski definition) is 1. The van der Waals surface area contributed by atoms with E-state index in [0.29, 0.717) is 0 Å². The standard InChI is InChI=1S/C12H16BrN/c1-12(2)7-6-10(14)8-4-3-5-9(13)11(8)12/h3-5,10H,6-7,14H2,1-2H3. The zero-order valence-electron chi connectivity index (χ0n) is 8.68. The first-order valence-corrected chi connectivity index (χ1v) is 5.86. The molecule has 0 saturated heterocycles. The van der Waals surface area contributed by atoms with Gasteiger partial charge in [0.05, 0.1) is 0 Å². The van der Waals surface area contributed by atoms with Crippen LogP contribution in [0.5, 0.6) is 0 Å². The average Bonchev–Trinajstić information content (AvgIpc) is 2.12. The van der Waals surface area contributed by atoms with Crippen molar-refractivity contribution < 1.29 is 0 Å². The van der Waals surface area contributed by atoms with E-state index in [1.165, 1.54) is 22.0 Å². The van der Waals surface area contributed by atoms with Crippen LogP contribution in [0.25, 0.3) is 0 Å². The van der Waals surface area contributed by atoms with E-state index in [-0.39, 0.29) is 11.5 Å². The predicted octanol–water partition coefficient (Wildman–Crippen LogP) is 3.52. The van der Waals surface area contributed by atoms with Crippen molar-refractivity contribution in [2.24, 2.45) is 5.73 Å². The highest BCUT2D eigenvalue weighted by atomic mass is 79.9. The molecule has 76 valence electrons. The van der Waals surface area contributed by atoms with E-state index < -0.39 is 0 Å². The van der Waals surface area contributed by atoms with Gasteiger partial charge in [0, 0.05) is 10.5 Å². The molecule has 0 aliphatic heterocycles. The predicted molar refractivity (Wildman–Crippen MR) is 63.3 cm³/mol. The van der Waals surface area contributed by atoms with Gasteiger partial charge in [-0.25, -0.2) is 0 Å². The summed E-state index contributed by atoms with van der Waals surface area (Å²) < 4.78 is 1.20. The summed E-state index contributed by atoms with van der Waals surface area (Å²) in [5.74, 6) is 0. The van der Waals surface area contributed by atoms with Crippen LogP contribution < -0.4 is 5.73 Å². The van der Waals surface area contributed by atoms with Crippen LogP contribution in [0.3, 0.4) is 0 Å². The quantitative estimate of drug-likeness (QED) is 0.753. The van der Waals surface area contributed by atoms with E-state index in [2.05, 4.69) is 48.0 Å². The molecule has 1 nitrogen and oxygen atoms in total. The third-order valence-corrected chi connectivity index (χ3v) is 3.86. The molecule has 2 N–H and O–H groups in total. The molecule has 1 atom stereocenters. The minimum Gasteiger partial charge on any atom is -0.324 e. The van der Waals surface area contributed by atoms with Crippen molar-refractivity contribution in [1.82, 2.24) is 0 Å². The molecule has 1 aliphatic rings. The number of hydrogen-bond acceptors (Lipinski definition) is 1. The summed E-state index contributed by atoms with van der Waals surface area (Å²) >= 11 is 3.63. The lowest BCUT2D eigenvalue weighted by atomic mass is 9.71. The molecule has 1 aliphatic carbocycles. The molecule has 0 heterocycles. The zero-order valence-corrected chi connectivity index (χ0v) is 10.3. The van der Waals surface area contributed by atoms with E-state index in [1.807, 2.05) is 0 Å². The van der Waals surface area contributed by atoms with Gasteiger partial charge in [0.25, 0.3) is 0 Å². The SMILES string of the molecule is CC1(C)CCC(N)c2cccc(Br)c21. The number of rotatable bonds is 0. The van der Waals surface area contributed by atoms with Gasteiger partial charge in [-0.1, -0.05) is 41.9 Å². The van der Waals surface area contributed by atoms with Crippen molar-refractivity contribution in [3.8, 4) is 0 Å². The lowest BCUT2D eigenvalue weighted by molar-refractivity contribution is 0.394. The zero-order chi connectivity index (χ0) is 10.3. The first-order valence-electron chi connectivity index (χ1n) is 5.07. The van der Waals surface area contributed by atoms with Crippen LogP contribution in [0.15, 0.2) is 22.7 Å². The maximum Gasteiger partial charge on any atom is 0.0298 e. The van der Waals surface area contributed by atoms with Gasteiger partial charge in [-0.3, -0.25) is 0 Å². The summed E-state index contributed by atoms with van der Waals surface area (Å²) in [5.41, 5.74) is 9.09. The Bertz CT molecular complexity index is 357. The summed E-state index contributed by atoms with van der Waals surface area (Å²) in [7, 11) is 0. The Morgan fingerprint density at radius 2 is 2.14 bits per heavy atom. The third-order valence-electron chi connectivity index (χ3n) is 3.20. The smallest absolute Gasteiger partial charge is 0.0298 e. The van der Waals surface area contributed by atoms with Gasteiger partial charge in [0.1, 0.15) is 0 Å². The Kier molecular flexibility index (Phi) is 2.44. The average molecular weight is 254 g/mol. The second-order valence-electron chi connectivity index (χ2n) is 4.73. The fraction of sp³-hybridized carbons (Fsp3) is 0.500. The van der Waals surface area contributed by atoms with Crippen molar-refractivity contribution >= 4 is 15.9 Å². The van der Waals surface area contributed by atoms with Crippen molar-refractivity contribution in [3.05, 3.63) is 33.8 Å². The van der Waals surface area contributed by atoms with E-state index in [0.717, 1.165) is 6.42 Å². The Morgan fingerprint density at radius 3 is 2.79 bits per heavy atom. The molecule has 2 rings (SSSR count). The van der Waals surface area contributed by atoms with Crippen LogP contribution in [0.4, 0.5) is 0 Å². The van der Waals surface area contributed by atoms with Crippen molar-refractivity contribution in [2.45, 2.75) is 38.1 Å². The maximum atomic E-state index is 6.12. The normalized spacial score (nSPS) is 24.4. The minimum absolute atomic E-state index is 0.218. The second-order valence-corrected chi connectivity index (χ2v) is 5.59. The molecular formula is C12H16BrN. The van der Waals surface area contributed by atoms with E-state index in [9.17, 15) is 0 Å². The summed E-state index contributed by atoms with van der Waals surface area (Å²) in [6.45, 7) is 4.59. The molecular weight excluding hydrogens is 238 g/mol. The Balaban J connectivity index is 2.64. The largest absolute Gasteiger partial charge is 0.324 e. The van der Waals surface area contributed by atoms with Gasteiger partial charge in [-0.05, 0) is 35.4 Å². The van der Waals surface area contributed by atoms with Gasteiger partial charge in [-0.2, -0.15) is 0 Å². The van der Waals surface area contributed by atoms with Crippen LogP contribution in [-0.2, 0) is 5.41 Å². The van der Waals surface area contributed by atoms with E-state index >= 15 is 0 Å². The molecule has 0 amide bonds. The highest BCUT2D eigenvalue weighted by molar-refractivity contribution is 9.10. The summed E-state index contributed by atoms with van der Waals surface area (Å²) in [5, 5.41) is 0. The monoisotopic (exact) mass is 253 g/mol. The Hall–Kier alpha value is -0.340. The third kappa shape index (κ3) is 1.51. The fourth-order valence-electron chi connectivity index (χ4n) is 2.36. The minimum atomic E-state index is 0.218. The van der Waals surface area contributed by atoms with Crippen LogP contribution >= 0.6 is 15.9 Å². The summed E-state index contributed by atoms with van der Waals surface area (Å²) in [4.78, 5) is 0. The maximum absolute atomic E-state index is 6.12. The topological polar surface area (TPSA) is 26.0 Å². The highest BCUT2D eigenvalue weighted by Crippen LogP contribution is 2.43. The number of benzene rings is 1. The first kappa shape index (κ1) is 10.2. The molecule has 0 saturated carbocycles. The van der Waals surface area contributed by atoms with Crippen LogP contribution in [0, 0.1) is 0 Å². The summed E-state index contributed by atoms with van der Waals surface area (Å²) in [6.07, 6.45) is 2.26. The lowest BCUT2D eigenvalue weighted by Gasteiger charge is -2.36. The van der Waals surface area contributed by atoms with Crippen molar-refractivity contribution in [3.63, 3.8) is 0 Å². The van der Waals surface area contributed by atoms with E-state index in [4.69, 9.17) is 5.73 Å². The molecule has 14 heavy (non-hydrogen) atoms. The second kappa shape index (κ2) is 3.35. The number of fused-ring (bicyclic) bond motifs is 1. The molecule has 0 aromatic heterocycles. The molecule has 0 bridgehead atoms. The molecule has 1 unspecified atom stereocenters. The number of halogens is 1. The Morgan fingerprint density at radius 1 is 1.43 bits per heavy atom.